The van der Waals surface area contributed by atoms with Crippen molar-refractivity contribution in [3.63, 3.8) is 0 Å². The number of amides is 2. The zero-order chi connectivity index (χ0) is 21.6. The number of pyridine rings is 1. The van der Waals surface area contributed by atoms with Gasteiger partial charge < -0.3 is 15.1 Å². The van der Waals surface area contributed by atoms with E-state index in [1.54, 1.807) is 12.3 Å². The van der Waals surface area contributed by atoms with Crippen LogP contribution in [0.15, 0.2) is 72.9 Å². The van der Waals surface area contributed by atoms with Crippen molar-refractivity contribution in [2.45, 2.75) is 13.3 Å². The largest absolute Gasteiger partial charge is 0.355 e. The van der Waals surface area contributed by atoms with Crippen LogP contribution in [0.25, 0.3) is 0 Å². The van der Waals surface area contributed by atoms with Gasteiger partial charge in [-0.2, -0.15) is 0 Å². The molecule has 2 heterocycles. The summed E-state index contributed by atoms with van der Waals surface area (Å²) >= 11 is 0. The second kappa shape index (κ2) is 9.43. The molecule has 158 valence electrons. The quantitative estimate of drug-likeness (QED) is 0.701. The molecule has 0 saturated carbocycles. The zero-order valence-electron chi connectivity index (χ0n) is 17.6. The van der Waals surface area contributed by atoms with Crippen LogP contribution in [0, 0.1) is 6.92 Å². The highest BCUT2D eigenvalue weighted by molar-refractivity contribution is 6.04. The van der Waals surface area contributed by atoms with Gasteiger partial charge in [0.05, 0.1) is 11.9 Å². The molecule has 1 N–H and O–H groups in total. The van der Waals surface area contributed by atoms with E-state index in [9.17, 15) is 9.59 Å². The van der Waals surface area contributed by atoms with E-state index < -0.39 is 0 Å². The van der Waals surface area contributed by atoms with Crippen LogP contribution < -0.4 is 10.2 Å². The topological polar surface area (TPSA) is 65.5 Å². The van der Waals surface area contributed by atoms with Crippen molar-refractivity contribution >= 4 is 23.3 Å². The second-order valence-corrected chi connectivity index (χ2v) is 7.73. The molecule has 1 fully saturated rings. The highest BCUT2D eigenvalue weighted by Crippen LogP contribution is 2.18. The normalized spacial score (nSPS) is 14.1. The molecular weight excluding hydrogens is 388 g/mol. The van der Waals surface area contributed by atoms with E-state index in [4.69, 9.17) is 0 Å². The van der Waals surface area contributed by atoms with E-state index in [-0.39, 0.29) is 11.8 Å². The van der Waals surface area contributed by atoms with E-state index in [1.807, 2.05) is 72.5 Å². The standard InChI is InChI=1S/C25H26N4O2/c1-19-7-5-10-21(17-19)24(30)27-22-11-12-23(26-18-22)28-13-6-14-29(16-15-28)25(31)20-8-3-2-4-9-20/h2-5,7-12,17-18H,6,13-16H2,1H3,(H,27,30). The fourth-order valence-electron chi connectivity index (χ4n) is 3.75. The van der Waals surface area contributed by atoms with Gasteiger partial charge in [0.2, 0.25) is 0 Å². The summed E-state index contributed by atoms with van der Waals surface area (Å²) in [5.41, 5.74) is 3.05. The molecule has 1 aliphatic rings. The first-order chi connectivity index (χ1) is 15.1. The lowest BCUT2D eigenvalue weighted by Gasteiger charge is -2.23. The third-order valence-electron chi connectivity index (χ3n) is 5.41. The number of hydrogen-bond acceptors (Lipinski definition) is 4. The molecule has 0 radical (unpaired) electrons. The Morgan fingerprint density at radius 1 is 0.871 bits per heavy atom. The number of aromatic nitrogens is 1. The number of benzene rings is 2. The molecule has 6 heteroatoms. The minimum atomic E-state index is -0.150. The minimum Gasteiger partial charge on any atom is -0.355 e. The molecule has 1 aromatic heterocycles. The number of aryl methyl sites for hydroxylation is 1. The Morgan fingerprint density at radius 2 is 1.68 bits per heavy atom. The van der Waals surface area contributed by atoms with Crippen LogP contribution in [0.5, 0.6) is 0 Å². The van der Waals surface area contributed by atoms with E-state index >= 15 is 0 Å². The van der Waals surface area contributed by atoms with Gasteiger partial charge in [-0.25, -0.2) is 4.98 Å². The van der Waals surface area contributed by atoms with Crippen molar-refractivity contribution in [2.75, 3.05) is 36.4 Å². The molecule has 0 atom stereocenters. The number of carbonyl (C=O) groups excluding carboxylic acids is 2. The fraction of sp³-hybridized carbons (Fsp3) is 0.240. The van der Waals surface area contributed by atoms with Crippen molar-refractivity contribution in [1.82, 2.24) is 9.88 Å². The van der Waals surface area contributed by atoms with Crippen molar-refractivity contribution in [2.24, 2.45) is 0 Å². The zero-order valence-corrected chi connectivity index (χ0v) is 17.6. The Labute approximate surface area is 182 Å². The molecule has 6 nitrogen and oxygen atoms in total. The number of hydrogen-bond donors (Lipinski definition) is 1. The predicted octanol–water partition coefficient (Wildman–Crippen LogP) is 3.99. The number of nitrogens with zero attached hydrogens (tertiary/aromatic N) is 3. The number of rotatable bonds is 4. The average Bonchev–Trinajstić information content (AvgIpc) is 3.06. The average molecular weight is 415 g/mol. The summed E-state index contributed by atoms with van der Waals surface area (Å²) in [6.45, 7) is 4.90. The molecule has 31 heavy (non-hydrogen) atoms. The maximum Gasteiger partial charge on any atom is 0.255 e. The summed E-state index contributed by atoms with van der Waals surface area (Å²) in [7, 11) is 0. The second-order valence-electron chi connectivity index (χ2n) is 7.73. The summed E-state index contributed by atoms with van der Waals surface area (Å²) in [5, 5.41) is 2.90. The summed E-state index contributed by atoms with van der Waals surface area (Å²) in [6.07, 6.45) is 2.56. The van der Waals surface area contributed by atoms with Crippen LogP contribution in [0.3, 0.4) is 0 Å². The molecule has 0 spiro atoms. The van der Waals surface area contributed by atoms with Crippen molar-refractivity contribution in [3.8, 4) is 0 Å². The van der Waals surface area contributed by atoms with Gasteiger partial charge >= 0.3 is 0 Å². The molecule has 2 aromatic carbocycles. The third kappa shape index (κ3) is 5.09. The molecular formula is C25H26N4O2. The van der Waals surface area contributed by atoms with Crippen LogP contribution in [0.1, 0.15) is 32.7 Å². The smallest absolute Gasteiger partial charge is 0.255 e. The minimum absolute atomic E-state index is 0.0737. The maximum absolute atomic E-state index is 12.7. The first-order valence-electron chi connectivity index (χ1n) is 10.5. The summed E-state index contributed by atoms with van der Waals surface area (Å²) < 4.78 is 0. The van der Waals surface area contributed by atoms with Gasteiger partial charge in [-0.1, -0.05) is 35.9 Å². The number of anilines is 2. The molecule has 2 amide bonds. The van der Waals surface area contributed by atoms with Crippen LogP contribution in [-0.4, -0.2) is 47.9 Å². The summed E-state index contributed by atoms with van der Waals surface area (Å²) in [6, 6.07) is 20.7. The number of nitrogens with one attached hydrogen (secondary N) is 1. The first kappa shape index (κ1) is 20.6. The maximum atomic E-state index is 12.7. The van der Waals surface area contributed by atoms with Crippen LogP contribution in [0.2, 0.25) is 0 Å². The lowest BCUT2D eigenvalue weighted by Crippen LogP contribution is -2.35. The molecule has 4 rings (SSSR count). The van der Waals surface area contributed by atoms with E-state index in [0.717, 1.165) is 43.0 Å². The van der Waals surface area contributed by atoms with E-state index in [1.165, 1.54) is 0 Å². The third-order valence-corrected chi connectivity index (χ3v) is 5.41. The van der Waals surface area contributed by atoms with Gasteiger partial charge in [0, 0.05) is 37.3 Å². The van der Waals surface area contributed by atoms with Crippen molar-refractivity contribution < 1.29 is 9.59 Å². The first-order valence-corrected chi connectivity index (χ1v) is 10.5. The van der Waals surface area contributed by atoms with Gasteiger partial charge in [-0.15, -0.1) is 0 Å². The van der Waals surface area contributed by atoms with Gasteiger partial charge in [0.25, 0.3) is 11.8 Å². The predicted molar refractivity (Wildman–Crippen MR) is 123 cm³/mol. The molecule has 3 aromatic rings. The van der Waals surface area contributed by atoms with Crippen LogP contribution in [0.4, 0.5) is 11.5 Å². The molecule has 0 unspecified atom stereocenters. The Balaban J connectivity index is 1.37. The van der Waals surface area contributed by atoms with Gasteiger partial charge in [-0.05, 0) is 49.7 Å². The molecule has 0 aliphatic carbocycles. The van der Waals surface area contributed by atoms with Crippen LogP contribution in [-0.2, 0) is 0 Å². The highest BCUT2D eigenvalue weighted by atomic mass is 16.2. The van der Waals surface area contributed by atoms with Gasteiger partial charge in [-0.3, -0.25) is 9.59 Å². The monoisotopic (exact) mass is 414 g/mol. The Hall–Kier alpha value is -3.67. The van der Waals surface area contributed by atoms with Gasteiger partial charge in [0.15, 0.2) is 0 Å². The van der Waals surface area contributed by atoms with Crippen LogP contribution >= 0.6 is 0 Å². The highest BCUT2D eigenvalue weighted by Gasteiger charge is 2.21. The summed E-state index contributed by atoms with van der Waals surface area (Å²) in [4.78, 5) is 33.8. The fourth-order valence-corrected chi connectivity index (χ4v) is 3.75. The molecule has 1 aliphatic heterocycles. The number of carbonyl (C=O) groups is 2. The van der Waals surface area contributed by atoms with E-state index in [2.05, 4.69) is 15.2 Å². The molecule has 0 bridgehead atoms. The Bertz CT molecular complexity index is 1050. The van der Waals surface area contributed by atoms with Crippen molar-refractivity contribution in [3.05, 3.63) is 89.6 Å². The van der Waals surface area contributed by atoms with Gasteiger partial charge in [0.1, 0.15) is 5.82 Å². The summed E-state index contributed by atoms with van der Waals surface area (Å²) in [5.74, 6) is 0.773. The Morgan fingerprint density at radius 3 is 2.42 bits per heavy atom. The van der Waals surface area contributed by atoms with Crippen molar-refractivity contribution in [1.29, 1.82) is 0 Å². The van der Waals surface area contributed by atoms with E-state index in [0.29, 0.717) is 17.8 Å². The Kier molecular flexibility index (Phi) is 6.26. The molecule has 1 saturated heterocycles. The lowest BCUT2D eigenvalue weighted by molar-refractivity contribution is 0.0767. The lowest BCUT2D eigenvalue weighted by atomic mass is 10.1. The SMILES string of the molecule is Cc1cccc(C(=O)Nc2ccc(N3CCCN(C(=O)c4ccccc4)CC3)nc2)c1.